The van der Waals surface area contributed by atoms with Crippen molar-refractivity contribution in [3.8, 4) is 0 Å². The van der Waals surface area contributed by atoms with Gasteiger partial charge in [0.25, 0.3) is 0 Å². The maximum Gasteiger partial charge on any atom is 0.191 e. The molecule has 1 rings (SSSR count). The van der Waals surface area contributed by atoms with Crippen molar-refractivity contribution >= 4 is 41.3 Å². The smallest absolute Gasteiger partial charge is 0.191 e. The van der Waals surface area contributed by atoms with Gasteiger partial charge in [0, 0.05) is 24.5 Å². The van der Waals surface area contributed by atoms with E-state index in [9.17, 15) is 0 Å². The van der Waals surface area contributed by atoms with Crippen LogP contribution < -0.4 is 10.6 Å². The van der Waals surface area contributed by atoms with Gasteiger partial charge in [0.2, 0.25) is 0 Å². The van der Waals surface area contributed by atoms with Crippen molar-refractivity contribution in [2.24, 2.45) is 4.99 Å². The maximum atomic E-state index is 4.58. The summed E-state index contributed by atoms with van der Waals surface area (Å²) in [5.41, 5.74) is 1.11. The van der Waals surface area contributed by atoms with Crippen molar-refractivity contribution in [2.75, 3.05) is 33.2 Å². The minimum atomic E-state index is 0. The molecule has 7 heteroatoms. The zero-order chi connectivity index (χ0) is 15.0. The van der Waals surface area contributed by atoms with Gasteiger partial charge < -0.3 is 15.5 Å². The average molecular weight is 425 g/mol. The highest BCUT2D eigenvalue weighted by Crippen LogP contribution is 2.16. The van der Waals surface area contributed by atoms with Crippen molar-refractivity contribution < 1.29 is 0 Å². The molecular formula is C14H28IN5S. The lowest BCUT2D eigenvalue weighted by Gasteiger charge is -2.16. The molecule has 0 bridgehead atoms. The summed E-state index contributed by atoms with van der Waals surface area (Å²) in [6.07, 6.45) is 0. The number of rotatable bonds is 7. The third kappa shape index (κ3) is 7.96. The molecule has 0 saturated carbocycles. The quantitative estimate of drug-likeness (QED) is 0.400. The Hall–Kier alpha value is -0.410. The van der Waals surface area contributed by atoms with E-state index in [2.05, 4.69) is 53.3 Å². The molecule has 1 aromatic heterocycles. The molecule has 2 N–H and O–H groups in total. The molecule has 1 heterocycles. The summed E-state index contributed by atoms with van der Waals surface area (Å²) < 4.78 is 0. The van der Waals surface area contributed by atoms with Crippen LogP contribution in [0.1, 0.15) is 29.4 Å². The number of halogens is 1. The van der Waals surface area contributed by atoms with Gasteiger partial charge in [0.1, 0.15) is 5.01 Å². The number of guanidine groups is 1. The molecule has 0 radical (unpaired) electrons. The Morgan fingerprint density at radius 2 is 2.00 bits per heavy atom. The molecule has 0 spiro atoms. The molecular weight excluding hydrogens is 397 g/mol. The Labute approximate surface area is 149 Å². The summed E-state index contributed by atoms with van der Waals surface area (Å²) in [7, 11) is 2.12. The van der Waals surface area contributed by atoms with E-state index >= 15 is 0 Å². The minimum absolute atomic E-state index is 0. The van der Waals surface area contributed by atoms with Crippen molar-refractivity contribution in [1.29, 1.82) is 0 Å². The van der Waals surface area contributed by atoms with E-state index in [1.807, 2.05) is 6.92 Å². The van der Waals surface area contributed by atoms with Crippen molar-refractivity contribution in [2.45, 2.75) is 34.2 Å². The number of thiazole rings is 1. The minimum Gasteiger partial charge on any atom is -0.357 e. The first-order chi connectivity index (χ1) is 9.56. The van der Waals surface area contributed by atoms with Gasteiger partial charge in [0.05, 0.1) is 12.2 Å². The Kier molecular flexibility index (Phi) is 11.0. The molecule has 0 atom stereocenters. The van der Waals surface area contributed by atoms with Gasteiger partial charge >= 0.3 is 0 Å². The zero-order valence-corrected chi connectivity index (χ0v) is 16.8. The second kappa shape index (κ2) is 11.2. The third-order valence-corrected chi connectivity index (χ3v) is 4.17. The summed E-state index contributed by atoms with van der Waals surface area (Å²) in [5, 5.41) is 7.69. The van der Waals surface area contributed by atoms with Crippen LogP contribution in [0.25, 0.3) is 0 Å². The largest absolute Gasteiger partial charge is 0.357 e. The number of hydrogen-bond acceptors (Lipinski definition) is 4. The third-order valence-electron chi connectivity index (χ3n) is 3.12. The van der Waals surface area contributed by atoms with Crippen LogP contribution in [0.4, 0.5) is 0 Å². The fourth-order valence-corrected chi connectivity index (χ4v) is 2.48. The Bertz CT molecular complexity index is 413. The molecule has 0 amide bonds. The molecule has 0 aliphatic carbocycles. The second-order valence-corrected chi connectivity index (χ2v) is 6.05. The van der Waals surface area contributed by atoms with Crippen LogP contribution in [0, 0.1) is 13.8 Å². The molecule has 122 valence electrons. The summed E-state index contributed by atoms with van der Waals surface area (Å²) in [6.45, 7) is 12.9. The molecule has 0 saturated heterocycles. The normalized spacial score (nSPS) is 11.4. The second-order valence-electron chi connectivity index (χ2n) is 4.77. The first-order valence-corrected chi connectivity index (χ1v) is 8.02. The first kappa shape index (κ1) is 20.6. The van der Waals surface area contributed by atoms with E-state index < -0.39 is 0 Å². The van der Waals surface area contributed by atoms with Gasteiger partial charge in [-0.3, -0.25) is 0 Å². The van der Waals surface area contributed by atoms with Gasteiger partial charge in [-0.15, -0.1) is 35.3 Å². The standard InChI is InChI=1S/C14H27N5S.HI/c1-6-15-14(16-8-9-19(5)7-2)17-10-13-18-11(3)12(4)20-13;/h6-10H2,1-5H3,(H2,15,16,17);1H. The lowest BCUT2D eigenvalue weighted by molar-refractivity contribution is 0.357. The van der Waals surface area contributed by atoms with Crippen molar-refractivity contribution in [1.82, 2.24) is 20.5 Å². The lowest BCUT2D eigenvalue weighted by Crippen LogP contribution is -2.40. The van der Waals surface area contributed by atoms with Gasteiger partial charge in [-0.1, -0.05) is 6.92 Å². The van der Waals surface area contributed by atoms with E-state index in [1.165, 1.54) is 4.88 Å². The molecule has 0 aliphatic heterocycles. The number of aryl methyl sites for hydroxylation is 2. The number of aliphatic imine (C=N–C) groups is 1. The molecule has 0 aliphatic rings. The summed E-state index contributed by atoms with van der Waals surface area (Å²) >= 11 is 1.72. The highest BCUT2D eigenvalue weighted by Gasteiger charge is 2.04. The van der Waals surface area contributed by atoms with Crippen LogP contribution in [0.15, 0.2) is 4.99 Å². The zero-order valence-electron chi connectivity index (χ0n) is 13.7. The fraction of sp³-hybridized carbons (Fsp3) is 0.714. The molecule has 5 nitrogen and oxygen atoms in total. The van der Waals surface area contributed by atoms with Gasteiger partial charge in [-0.2, -0.15) is 0 Å². The lowest BCUT2D eigenvalue weighted by atomic mass is 10.4. The van der Waals surface area contributed by atoms with Crippen LogP contribution in [0.3, 0.4) is 0 Å². The fourth-order valence-electron chi connectivity index (χ4n) is 1.62. The van der Waals surface area contributed by atoms with Crippen LogP contribution in [0.2, 0.25) is 0 Å². The molecule has 21 heavy (non-hydrogen) atoms. The molecule has 1 aromatic rings. The Morgan fingerprint density at radius 3 is 2.52 bits per heavy atom. The monoisotopic (exact) mass is 425 g/mol. The highest BCUT2D eigenvalue weighted by atomic mass is 127. The van der Waals surface area contributed by atoms with Gasteiger partial charge in [-0.25, -0.2) is 9.98 Å². The van der Waals surface area contributed by atoms with Crippen LogP contribution in [-0.4, -0.2) is 49.1 Å². The Balaban J connectivity index is 0.00000400. The van der Waals surface area contributed by atoms with Gasteiger partial charge in [-0.05, 0) is 34.4 Å². The summed E-state index contributed by atoms with van der Waals surface area (Å²) in [4.78, 5) is 12.6. The number of aromatic nitrogens is 1. The Morgan fingerprint density at radius 1 is 1.29 bits per heavy atom. The summed E-state index contributed by atoms with van der Waals surface area (Å²) in [5.74, 6) is 0.863. The van der Waals surface area contributed by atoms with Crippen molar-refractivity contribution in [3.05, 3.63) is 15.6 Å². The van der Waals surface area contributed by atoms with Gasteiger partial charge in [0.15, 0.2) is 5.96 Å². The van der Waals surface area contributed by atoms with E-state index in [4.69, 9.17) is 0 Å². The number of hydrogen-bond donors (Lipinski definition) is 2. The van der Waals surface area contributed by atoms with Crippen molar-refractivity contribution in [3.63, 3.8) is 0 Å². The van der Waals surface area contributed by atoms with Crippen LogP contribution in [-0.2, 0) is 6.54 Å². The first-order valence-electron chi connectivity index (χ1n) is 7.20. The average Bonchev–Trinajstić information content (AvgIpc) is 2.75. The number of nitrogens with one attached hydrogen (secondary N) is 2. The molecule has 0 fully saturated rings. The summed E-state index contributed by atoms with van der Waals surface area (Å²) in [6, 6.07) is 0. The van der Waals surface area contributed by atoms with E-state index in [1.54, 1.807) is 11.3 Å². The van der Waals surface area contributed by atoms with Crippen LogP contribution >= 0.6 is 35.3 Å². The highest BCUT2D eigenvalue weighted by molar-refractivity contribution is 14.0. The number of nitrogens with zero attached hydrogens (tertiary/aromatic N) is 3. The number of likely N-dealkylation sites (N-methyl/N-ethyl adjacent to an activating group) is 1. The van der Waals surface area contributed by atoms with Crippen LogP contribution in [0.5, 0.6) is 0 Å². The van der Waals surface area contributed by atoms with E-state index in [-0.39, 0.29) is 24.0 Å². The maximum absolute atomic E-state index is 4.58. The predicted octanol–water partition coefficient (Wildman–Crippen LogP) is 2.38. The molecule has 0 unspecified atom stereocenters. The SMILES string of the molecule is CCNC(=NCc1nc(C)c(C)s1)NCCN(C)CC.I. The predicted molar refractivity (Wildman–Crippen MR) is 103 cm³/mol. The van der Waals surface area contributed by atoms with E-state index in [0.717, 1.165) is 42.8 Å². The topological polar surface area (TPSA) is 52.6 Å². The van der Waals surface area contributed by atoms with E-state index in [0.29, 0.717) is 6.54 Å². The molecule has 0 aromatic carbocycles.